The van der Waals surface area contributed by atoms with Gasteiger partial charge in [0.05, 0.1) is 5.39 Å². The highest BCUT2D eigenvalue weighted by Gasteiger charge is 2.17. The van der Waals surface area contributed by atoms with Crippen molar-refractivity contribution in [3.8, 4) is 5.69 Å². The fraction of sp³-hybridized carbons (Fsp3) is 0. The van der Waals surface area contributed by atoms with E-state index >= 15 is 0 Å². The zero-order valence-electron chi connectivity index (χ0n) is 14.1. The summed E-state index contributed by atoms with van der Waals surface area (Å²) in [6.45, 7) is 0. The molecule has 0 aliphatic carbocycles. The van der Waals surface area contributed by atoms with Crippen molar-refractivity contribution >= 4 is 22.6 Å². The number of aromatic nitrogens is 2. The molecule has 1 amide bonds. The lowest BCUT2D eigenvalue weighted by atomic mass is 10.1. The summed E-state index contributed by atoms with van der Waals surface area (Å²) in [7, 11) is 0. The van der Waals surface area contributed by atoms with Gasteiger partial charge in [0.25, 0.3) is 5.91 Å². The van der Waals surface area contributed by atoms with Crippen molar-refractivity contribution in [2.75, 3.05) is 5.32 Å². The number of carbonyl (C=O) groups is 1. The molecule has 0 aliphatic heterocycles. The van der Waals surface area contributed by atoms with Crippen LogP contribution in [-0.4, -0.2) is 15.5 Å². The second-order valence-corrected chi connectivity index (χ2v) is 5.91. The molecule has 132 valence electrons. The van der Waals surface area contributed by atoms with E-state index < -0.39 is 11.3 Å². The lowest BCUT2D eigenvalue weighted by Gasteiger charge is -2.13. The van der Waals surface area contributed by atoms with Gasteiger partial charge in [0.2, 0.25) is 5.43 Å². The number of carbonyl (C=O) groups excluding carboxylic acids is 1. The number of para-hydroxylation sites is 1. The first-order valence-corrected chi connectivity index (χ1v) is 8.26. The van der Waals surface area contributed by atoms with Crippen LogP contribution < -0.4 is 10.7 Å². The van der Waals surface area contributed by atoms with E-state index in [1.807, 2.05) is 6.07 Å². The number of nitrogens with one attached hydrogen (secondary N) is 1. The Morgan fingerprint density at radius 1 is 0.963 bits per heavy atom. The number of nitrogens with zero attached hydrogens (tertiary/aromatic N) is 2. The standard InChI is InChI=1S/C21H14FN3O2/c22-14-8-10-16(11-9-14)25-13-18(19(26)17-7-4-12-23-20(17)25)21(27)24-15-5-2-1-3-6-15/h1-13H,(H,24,27). The van der Waals surface area contributed by atoms with Crippen molar-refractivity contribution in [2.24, 2.45) is 0 Å². The van der Waals surface area contributed by atoms with Gasteiger partial charge in [-0.05, 0) is 48.5 Å². The van der Waals surface area contributed by atoms with E-state index in [0.717, 1.165) is 0 Å². The number of fused-ring (bicyclic) bond motifs is 1. The fourth-order valence-corrected chi connectivity index (χ4v) is 2.84. The molecule has 5 nitrogen and oxygen atoms in total. The molecule has 4 rings (SSSR count). The Bertz CT molecular complexity index is 1190. The molecule has 0 fully saturated rings. The molecule has 0 radical (unpaired) electrons. The summed E-state index contributed by atoms with van der Waals surface area (Å²) in [5.74, 6) is -0.896. The van der Waals surface area contributed by atoms with Crippen LogP contribution in [-0.2, 0) is 0 Å². The molecule has 0 saturated carbocycles. The number of benzene rings is 2. The van der Waals surface area contributed by atoms with Crippen LogP contribution in [0.15, 0.2) is 83.9 Å². The first-order chi connectivity index (χ1) is 13.1. The Morgan fingerprint density at radius 3 is 2.44 bits per heavy atom. The molecule has 0 unspecified atom stereocenters. The first-order valence-electron chi connectivity index (χ1n) is 8.26. The highest BCUT2D eigenvalue weighted by atomic mass is 19.1. The maximum Gasteiger partial charge on any atom is 0.261 e. The van der Waals surface area contributed by atoms with Crippen molar-refractivity contribution in [3.05, 3.63) is 101 Å². The summed E-state index contributed by atoms with van der Waals surface area (Å²) in [5.41, 5.74) is 1.13. The van der Waals surface area contributed by atoms with Crippen LogP contribution in [0.1, 0.15) is 10.4 Å². The minimum atomic E-state index is -0.521. The number of anilines is 1. The van der Waals surface area contributed by atoms with Gasteiger partial charge in [-0.15, -0.1) is 0 Å². The number of halogens is 1. The highest BCUT2D eigenvalue weighted by molar-refractivity contribution is 6.05. The Hall–Kier alpha value is -3.80. The smallest absolute Gasteiger partial charge is 0.261 e. The highest BCUT2D eigenvalue weighted by Crippen LogP contribution is 2.17. The molecule has 1 N–H and O–H groups in total. The largest absolute Gasteiger partial charge is 0.322 e. The summed E-state index contributed by atoms with van der Waals surface area (Å²) in [4.78, 5) is 29.8. The molecule has 0 saturated heterocycles. The van der Waals surface area contributed by atoms with Crippen molar-refractivity contribution in [1.29, 1.82) is 0 Å². The van der Waals surface area contributed by atoms with Gasteiger partial charge in [-0.1, -0.05) is 18.2 Å². The second kappa shape index (κ2) is 6.84. The first kappa shape index (κ1) is 16.7. The number of hydrogen-bond acceptors (Lipinski definition) is 3. The zero-order valence-corrected chi connectivity index (χ0v) is 14.1. The lowest BCUT2D eigenvalue weighted by molar-refractivity contribution is 0.102. The van der Waals surface area contributed by atoms with Crippen molar-refractivity contribution in [2.45, 2.75) is 0 Å². The van der Waals surface area contributed by atoms with E-state index in [9.17, 15) is 14.0 Å². The Morgan fingerprint density at radius 2 is 1.70 bits per heavy atom. The van der Waals surface area contributed by atoms with Crippen molar-refractivity contribution in [1.82, 2.24) is 9.55 Å². The Kier molecular flexibility index (Phi) is 4.22. The van der Waals surface area contributed by atoms with E-state index in [2.05, 4.69) is 10.3 Å². The quantitative estimate of drug-likeness (QED) is 0.605. The average Bonchev–Trinajstić information content (AvgIpc) is 2.70. The number of amides is 1. The van der Waals surface area contributed by atoms with Gasteiger partial charge in [-0.25, -0.2) is 9.37 Å². The predicted octanol–water partition coefficient (Wildman–Crippen LogP) is 3.78. The maximum atomic E-state index is 13.3. The summed E-state index contributed by atoms with van der Waals surface area (Å²) in [6.07, 6.45) is 2.99. The predicted molar refractivity (Wildman–Crippen MR) is 102 cm³/mol. The zero-order chi connectivity index (χ0) is 18.8. The normalized spacial score (nSPS) is 10.7. The molecule has 6 heteroatoms. The summed E-state index contributed by atoms with van der Waals surface area (Å²) < 4.78 is 14.9. The molecule has 0 atom stereocenters. The van der Waals surface area contributed by atoms with Crippen LogP contribution >= 0.6 is 0 Å². The topological polar surface area (TPSA) is 64.0 Å². The second-order valence-electron chi connectivity index (χ2n) is 5.91. The van der Waals surface area contributed by atoms with Gasteiger partial charge in [-0.3, -0.25) is 9.59 Å². The molecule has 2 aromatic heterocycles. The van der Waals surface area contributed by atoms with Crippen LogP contribution in [0.2, 0.25) is 0 Å². The summed E-state index contributed by atoms with van der Waals surface area (Å²) in [6, 6.07) is 17.9. The van der Waals surface area contributed by atoms with Crippen LogP contribution in [0.4, 0.5) is 10.1 Å². The van der Waals surface area contributed by atoms with Gasteiger partial charge in [-0.2, -0.15) is 0 Å². The van der Waals surface area contributed by atoms with Gasteiger partial charge < -0.3 is 9.88 Å². The van der Waals surface area contributed by atoms with Crippen molar-refractivity contribution < 1.29 is 9.18 Å². The van der Waals surface area contributed by atoms with E-state index in [4.69, 9.17) is 0 Å². The van der Waals surface area contributed by atoms with Crippen LogP contribution in [0.5, 0.6) is 0 Å². The third-order valence-electron chi connectivity index (χ3n) is 4.14. The molecular formula is C21H14FN3O2. The molecule has 2 aromatic carbocycles. The monoisotopic (exact) mass is 359 g/mol. The van der Waals surface area contributed by atoms with Gasteiger partial charge >= 0.3 is 0 Å². The van der Waals surface area contributed by atoms with E-state index in [1.165, 1.54) is 18.3 Å². The number of hydrogen-bond donors (Lipinski definition) is 1. The molecule has 27 heavy (non-hydrogen) atoms. The number of pyridine rings is 2. The summed E-state index contributed by atoms with van der Waals surface area (Å²) >= 11 is 0. The van der Waals surface area contributed by atoms with E-state index in [0.29, 0.717) is 22.4 Å². The molecule has 0 bridgehead atoms. The SMILES string of the molecule is O=C(Nc1ccccc1)c1cn(-c2ccc(F)cc2)c2ncccc2c1=O. The van der Waals surface area contributed by atoms with Gasteiger partial charge in [0, 0.05) is 23.8 Å². The van der Waals surface area contributed by atoms with Crippen LogP contribution in [0, 0.1) is 5.82 Å². The van der Waals surface area contributed by atoms with Crippen LogP contribution in [0.3, 0.4) is 0 Å². The maximum absolute atomic E-state index is 13.3. The fourth-order valence-electron chi connectivity index (χ4n) is 2.84. The lowest BCUT2D eigenvalue weighted by Crippen LogP contribution is -2.24. The Labute approximate surface area is 153 Å². The third kappa shape index (κ3) is 3.20. The minimum absolute atomic E-state index is 0.0244. The van der Waals surface area contributed by atoms with E-state index in [-0.39, 0.29) is 11.4 Å². The molecule has 0 spiro atoms. The third-order valence-corrected chi connectivity index (χ3v) is 4.14. The Balaban J connectivity index is 1.88. The summed E-state index contributed by atoms with van der Waals surface area (Å²) in [5, 5.41) is 3.03. The molecule has 4 aromatic rings. The van der Waals surface area contributed by atoms with Gasteiger partial charge in [0.1, 0.15) is 17.0 Å². The number of rotatable bonds is 3. The van der Waals surface area contributed by atoms with Gasteiger partial charge in [0.15, 0.2) is 0 Å². The van der Waals surface area contributed by atoms with Crippen LogP contribution in [0.25, 0.3) is 16.7 Å². The molecular weight excluding hydrogens is 345 g/mol. The molecule has 0 aliphatic rings. The average molecular weight is 359 g/mol. The van der Waals surface area contributed by atoms with Crippen molar-refractivity contribution in [3.63, 3.8) is 0 Å². The minimum Gasteiger partial charge on any atom is -0.322 e. The molecule has 2 heterocycles. The van der Waals surface area contributed by atoms with E-state index in [1.54, 1.807) is 59.3 Å².